The number of hydrogen-bond donors (Lipinski definition) is 1. The maximum atomic E-state index is 9.01. The molecule has 0 aromatic carbocycles. The molecule has 0 saturated carbocycles. The molecule has 2 aromatic heterocycles. The number of hydrogen-bond acceptors (Lipinski definition) is 7. The fraction of sp³-hybridized carbons (Fsp3) is 0.364. The summed E-state index contributed by atoms with van der Waals surface area (Å²) in [6, 6.07) is 3.86. The zero-order valence-corrected chi connectivity index (χ0v) is 11.1. The maximum absolute atomic E-state index is 9.01. The third-order valence-corrected chi connectivity index (χ3v) is 3.21. The first kappa shape index (κ1) is 13.0. The van der Waals surface area contributed by atoms with Gasteiger partial charge < -0.3 is 9.88 Å². The summed E-state index contributed by atoms with van der Waals surface area (Å²) < 4.78 is 1.60. The topological polar surface area (TPSA) is 103 Å². The van der Waals surface area contributed by atoms with Crippen LogP contribution < -0.4 is 5.32 Å². The molecule has 2 rings (SSSR count). The average Bonchev–Trinajstić information content (AvgIpc) is 3.03. The quantitative estimate of drug-likeness (QED) is 0.881. The summed E-state index contributed by atoms with van der Waals surface area (Å²) in [6.07, 6.45) is 2.48. The minimum atomic E-state index is 0.136. The van der Waals surface area contributed by atoms with Crippen LogP contribution in [0.1, 0.15) is 29.7 Å². The van der Waals surface area contributed by atoms with Gasteiger partial charge in [-0.2, -0.15) is 10.5 Å². The highest BCUT2D eigenvalue weighted by atomic mass is 32.1. The highest BCUT2D eigenvalue weighted by molar-refractivity contribution is 7.15. The van der Waals surface area contributed by atoms with Gasteiger partial charge in [-0.15, -0.1) is 10.2 Å². The number of aromatic nitrogens is 4. The molecule has 0 saturated heterocycles. The first-order chi connectivity index (χ1) is 9.28. The van der Waals surface area contributed by atoms with E-state index in [4.69, 9.17) is 10.5 Å². The number of nitrogens with one attached hydrogen (secondary N) is 1. The number of imidazole rings is 1. The van der Waals surface area contributed by atoms with Gasteiger partial charge in [-0.25, -0.2) is 4.98 Å². The molecule has 0 amide bonds. The molecular weight excluding hydrogens is 262 g/mol. The van der Waals surface area contributed by atoms with Crippen LogP contribution >= 0.6 is 11.3 Å². The second kappa shape index (κ2) is 5.94. The van der Waals surface area contributed by atoms with Crippen LogP contribution in [0.4, 0.5) is 5.13 Å². The van der Waals surface area contributed by atoms with Crippen molar-refractivity contribution in [3.63, 3.8) is 0 Å². The van der Waals surface area contributed by atoms with E-state index in [-0.39, 0.29) is 11.4 Å². The summed E-state index contributed by atoms with van der Waals surface area (Å²) in [7, 11) is 0. The molecule has 0 atom stereocenters. The monoisotopic (exact) mass is 273 g/mol. The van der Waals surface area contributed by atoms with Crippen molar-refractivity contribution in [2.24, 2.45) is 0 Å². The number of nitrogens with zero attached hydrogens (tertiary/aromatic N) is 6. The fourth-order valence-corrected chi connectivity index (χ4v) is 2.23. The first-order valence-electron chi connectivity index (χ1n) is 5.70. The molecule has 0 fully saturated rings. The number of nitriles is 2. The summed E-state index contributed by atoms with van der Waals surface area (Å²) in [4.78, 5) is 3.88. The van der Waals surface area contributed by atoms with E-state index in [0.29, 0.717) is 6.54 Å². The van der Waals surface area contributed by atoms with Crippen LogP contribution in [-0.2, 0) is 6.54 Å². The van der Waals surface area contributed by atoms with Crippen molar-refractivity contribution in [1.29, 1.82) is 10.5 Å². The van der Waals surface area contributed by atoms with Crippen molar-refractivity contribution in [2.45, 2.75) is 19.9 Å². The summed E-state index contributed by atoms with van der Waals surface area (Å²) in [5.41, 5.74) is 0.386. The van der Waals surface area contributed by atoms with E-state index in [1.165, 1.54) is 17.7 Å². The van der Waals surface area contributed by atoms with Gasteiger partial charge in [-0.3, -0.25) is 0 Å². The van der Waals surface area contributed by atoms with E-state index in [2.05, 4.69) is 27.4 Å². The molecule has 8 heteroatoms. The smallest absolute Gasteiger partial charge is 0.205 e. The van der Waals surface area contributed by atoms with E-state index in [9.17, 15) is 0 Å². The molecule has 0 aliphatic rings. The summed E-state index contributed by atoms with van der Waals surface area (Å²) in [6.45, 7) is 3.31. The first-order valence-corrected chi connectivity index (χ1v) is 6.51. The molecule has 0 radical (unpaired) electrons. The second-order valence-electron chi connectivity index (χ2n) is 3.72. The van der Waals surface area contributed by atoms with Gasteiger partial charge in [0.25, 0.3) is 0 Å². The largest absolute Gasteiger partial charge is 0.360 e. The predicted molar refractivity (Wildman–Crippen MR) is 69.4 cm³/mol. The van der Waals surface area contributed by atoms with Crippen molar-refractivity contribution in [2.75, 3.05) is 11.9 Å². The molecule has 0 aliphatic heterocycles. The fourth-order valence-electron chi connectivity index (χ4n) is 1.47. The van der Waals surface area contributed by atoms with E-state index >= 15 is 0 Å². The van der Waals surface area contributed by atoms with Crippen LogP contribution in [0.5, 0.6) is 0 Å². The van der Waals surface area contributed by atoms with Gasteiger partial charge >= 0.3 is 0 Å². The Balaban J connectivity index is 2.14. The maximum Gasteiger partial charge on any atom is 0.205 e. The van der Waals surface area contributed by atoms with Crippen molar-refractivity contribution in [3.05, 3.63) is 22.7 Å². The van der Waals surface area contributed by atoms with Gasteiger partial charge in [0.15, 0.2) is 11.4 Å². The lowest BCUT2D eigenvalue weighted by Gasteiger charge is -1.98. The van der Waals surface area contributed by atoms with E-state index < -0.39 is 0 Å². The van der Waals surface area contributed by atoms with Crippen molar-refractivity contribution in [1.82, 2.24) is 19.7 Å². The summed E-state index contributed by atoms with van der Waals surface area (Å²) in [5, 5.41) is 30.5. The SMILES string of the molecule is CCCNc1nnc(Cn2cnc(C#N)c2C#N)s1. The molecule has 2 heterocycles. The van der Waals surface area contributed by atoms with Gasteiger partial charge in [0.1, 0.15) is 17.1 Å². The molecule has 0 spiro atoms. The van der Waals surface area contributed by atoms with Crippen LogP contribution in [-0.4, -0.2) is 26.3 Å². The Morgan fingerprint density at radius 2 is 2.21 bits per heavy atom. The molecule has 96 valence electrons. The molecule has 19 heavy (non-hydrogen) atoms. The minimum Gasteiger partial charge on any atom is -0.360 e. The third kappa shape index (κ3) is 2.87. The lowest BCUT2D eigenvalue weighted by molar-refractivity contribution is 0.766. The van der Waals surface area contributed by atoms with Crippen LogP contribution in [0.2, 0.25) is 0 Å². The van der Waals surface area contributed by atoms with E-state index in [0.717, 1.165) is 23.1 Å². The average molecular weight is 273 g/mol. The summed E-state index contributed by atoms with van der Waals surface area (Å²) in [5.74, 6) is 0. The minimum absolute atomic E-state index is 0.136. The van der Waals surface area contributed by atoms with Crippen molar-refractivity contribution in [3.8, 4) is 12.1 Å². The zero-order valence-electron chi connectivity index (χ0n) is 10.3. The van der Waals surface area contributed by atoms with Gasteiger partial charge in [0.2, 0.25) is 5.13 Å². The Morgan fingerprint density at radius 3 is 2.89 bits per heavy atom. The molecule has 1 N–H and O–H groups in total. The summed E-state index contributed by atoms with van der Waals surface area (Å²) >= 11 is 1.43. The third-order valence-electron chi connectivity index (χ3n) is 2.35. The highest BCUT2D eigenvalue weighted by Gasteiger charge is 2.12. The molecule has 0 bridgehead atoms. The molecule has 0 unspecified atom stereocenters. The number of anilines is 1. The Kier molecular flexibility index (Phi) is 4.06. The van der Waals surface area contributed by atoms with E-state index in [1.807, 2.05) is 12.1 Å². The van der Waals surface area contributed by atoms with Gasteiger partial charge in [0.05, 0.1) is 12.9 Å². The lowest BCUT2D eigenvalue weighted by atomic mass is 10.3. The van der Waals surface area contributed by atoms with Crippen LogP contribution in [0.3, 0.4) is 0 Å². The van der Waals surface area contributed by atoms with Crippen LogP contribution in [0.25, 0.3) is 0 Å². The van der Waals surface area contributed by atoms with Gasteiger partial charge in [-0.05, 0) is 6.42 Å². The zero-order chi connectivity index (χ0) is 13.7. The van der Waals surface area contributed by atoms with Gasteiger partial charge in [-0.1, -0.05) is 18.3 Å². The molecule has 0 aliphatic carbocycles. The van der Waals surface area contributed by atoms with Gasteiger partial charge in [0, 0.05) is 6.54 Å². The highest BCUT2D eigenvalue weighted by Crippen LogP contribution is 2.17. The Labute approximate surface area is 114 Å². The Hall–Kier alpha value is -2.45. The molecular formula is C11H11N7S. The lowest BCUT2D eigenvalue weighted by Crippen LogP contribution is -2.01. The Bertz CT molecular complexity index is 643. The Morgan fingerprint density at radius 1 is 1.37 bits per heavy atom. The molecule has 7 nitrogen and oxygen atoms in total. The molecule has 2 aromatic rings. The van der Waals surface area contributed by atoms with Crippen LogP contribution in [0, 0.1) is 22.7 Å². The van der Waals surface area contributed by atoms with Crippen molar-refractivity contribution >= 4 is 16.5 Å². The van der Waals surface area contributed by atoms with E-state index in [1.54, 1.807) is 4.57 Å². The second-order valence-corrected chi connectivity index (χ2v) is 4.78. The number of rotatable bonds is 5. The van der Waals surface area contributed by atoms with Crippen LogP contribution in [0.15, 0.2) is 6.33 Å². The normalized spacial score (nSPS) is 9.84. The van der Waals surface area contributed by atoms with Crippen molar-refractivity contribution < 1.29 is 0 Å². The predicted octanol–water partition coefficient (Wildman–Crippen LogP) is 1.35. The standard InChI is InChI=1S/C11H11N7S/c1-2-3-14-11-17-16-10(19-11)6-18-7-15-8(4-12)9(18)5-13/h7H,2-3,6H2,1H3,(H,14,17).